The highest BCUT2D eigenvalue weighted by molar-refractivity contribution is 5.73. The molecular weight excluding hydrogens is 376 g/mol. The molecule has 0 aromatic carbocycles. The Morgan fingerprint density at radius 1 is 1.20 bits per heavy atom. The molecule has 4 heteroatoms. The first-order chi connectivity index (χ1) is 14.2. The number of carboxylic acid groups (broad SMARTS) is 1. The number of ether oxygens (including phenoxy) is 1. The first kappa shape index (κ1) is 28.4. The summed E-state index contributed by atoms with van der Waals surface area (Å²) in [6.45, 7) is 14.7. The summed E-state index contributed by atoms with van der Waals surface area (Å²) >= 11 is 0. The van der Waals surface area contributed by atoms with E-state index in [1.165, 1.54) is 25.7 Å². The zero-order valence-corrected chi connectivity index (χ0v) is 20.5. The van der Waals surface area contributed by atoms with Gasteiger partial charge in [0.05, 0.1) is 12.0 Å². The van der Waals surface area contributed by atoms with E-state index in [0.29, 0.717) is 19.4 Å². The predicted octanol–water partition coefficient (Wildman–Crippen LogP) is 7.19. The van der Waals surface area contributed by atoms with Gasteiger partial charge in [-0.2, -0.15) is 0 Å². The van der Waals surface area contributed by atoms with Crippen molar-refractivity contribution in [1.82, 2.24) is 0 Å². The maximum Gasteiger partial charge on any atom is 0.309 e. The predicted molar refractivity (Wildman–Crippen MR) is 125 cm³/mol. The molecule has 4 nitrogen and oxygen atoms in total. The Labute approximate surface area is 185 Å². The Balaban J connectivity index is 0.000000430. The summed E-state index contributed by atoms with van der Waals surface area (Å²) in [4.78, 5) is 20.5. The molecule has 1 heterocycles. The average molecular weight is 423 g/mol. The highest BCUT2D eigenvalue weighted by Gasteiger charge is 2.30. The Hall–Kier alpha value is -1.58. The number of allylic oxidation sites excluding steroid dienone is 4. The Kier molecular flexibility index (Phi) is 14.5. The van der Waals surface area contributed by atoms with Gasteiger partial charge in [-0.05, 0) is 75.7 Å². The van der Waals surface area contributed by atoms with E-state index in [4.69, 9.17) is 5.11 Å². The van der Waals surface area contributed by atoms with Gasteiger partial charge in [-0.25, -0.2) is 0 Å². The van der Waals surface area contributed by atoms with E-state index in [1.54, 1.807) is 19.4 Å². The largest absolute Gasteiger partial charge is 0.481 e. The maximum atomic E-state index is 10.3. The lowest BCUT2D eigenvalue weighted by Gasteiger charge is -2.36. The highest BCUT2D eigenvalue weighted by atomic mass is 16.5. The second-order valence-electron chi connectivity index (χ2n) is 8.75. The molecule has 0 spiro atoms. The van der Waals surface area contributed by atoms with E-state index < -0.39 is 11.4 Å². The quantitative estimate of drug-likeness (QED) is 0.489. The number of hydrogen-bond donors (Lipinski definition) is 1. The molecular formula is C26H46O4. The van der Waals surface area contributed by atoms with Crippen molar-refractivity contribution < 1.29 is 19.4 Å². The van der Waals surface area contributed by atoms with Gasteiger partial charge in [0, 0.05) is 6.42 Å². The van der Waals surface area contributed by atoms with Gasteiger partial charge in [0.25, 0.3) is 0 Å². The van der Waals surface area contributed by atoms with E-state index in [2.05, 4.69) is 36.8 Å². The molecule has 3 unspecified atom stereocenters. The van der Waals surface area contributed by atoms with Crippen LogP contribution in [0.2, 0.25) is 0 Å². The van der Waals surface area contributed by atoms with Crippen LogP contribution in [0.1, 0.15) is 99.8 Å². The van der Waals surface area contributed by atoms with Gasteiger partial charge in [-0.1, -0.05) is 59.3 Å². The molecule has 1 aliphatic heterocycles. The summed E-state index contributed by atoms with van der Waals surface area (Å²) < 4.78 is 4.64. The SMILES string of the molecule is CC.CCC(C)(C)C(=O)O.CCC1C(C)C=CC2=CCCCC21.O=C1CCCCO1. The smallest absolute Gasteiger partial charge is 0.309 e. The maximum absolute atomic E-state index is 10.3. The number of rotatable bonds is 3. The van der Waals surface area contributed by atoms with E-state index >= 15 is 0 Å². The standard InChI is InChI=1S/C13H20.C6H12O2.C5H8O2.C2H6/c1-3-12-10(2)8-9-11-6-4-5-7-13(11)12;1-4-6(2,3)5(7)8;6-5-3-1-2-4-7-5;1-2/h6,8-10,12-13H,3-5,7H2,1-2H3;4H2,1-3H3,(H,7,8);1-4H2;1-2H3. The van der Waals surface area contributed by atoms with Crippen molar-refractivity contribution >= 4 is 11.9 Å². The Morgan fingerprint density at radius 2 is 1.87 bits per heavy atom. The second-order valence-corrected chi connectivity index (χ2v) is 8.75. The summed E-state index contributed by atoms with van der Waals surface area (Å²) in [5.74, 6) is 1.84. The number of carbonyl (C=O) groups is 2. The van der Waals surface area contributed by atoms with Gasteiger partial charge in [0.15, 0.2) is 0 Å². The van der Waals surface area contributed by atoms with E-state index in [-0.39, 0.29) is 5.97 Å². The second kappa shape index (κ2) is 15.3. The topological polar surface area (TPSA) is 63.6 Å². The molecule has 3 rings (SSSR count). The van der Waals surface area contributed by atoms with Crippen LogP contribution >= 0.6 is 0 Å². The molecule has 0 saturated carbocycles. The number of cyclic esters (lactones) is 1. The van der Waals surface area contributed by atoms with Crippen molar-refractivity contribution in [2.45, 2.75) is 99.8 Å². The summed E-state index contributed by atoms with van der Waals surface area (Å²) in [6.07, 6.45) is 16.1. The molecule has 0 amide bonds. The van der Waals surface area contributed by atoms with Crippen molar-refractivity contribution in [1.29, 1.82) is 0 Å². The van der Waals surface area contributed by atoms with Gasteiger partial charge < -0.3 is 9.84 Å². The lowest BCUT2D eigenvalue weighted by molar-refractivity contribution is -0.147. The molecule has 0 aromatic rings. The minimum Gasteiger partial charge on any atom is -0.481 e. The fourth-order valence-electron chi connectivity index (χ4n) is 3.79. The van der Waals surface area contributed by atoms with Crippen LogP contribution in [0.25, 0.3) is 0 Å². The van der Waals surface area contributed by atoms with Gasteiger partial charge in [0.1, 0.15) is 0 Å². The number of carboxylic acids is 1. The van der Waals surface area contributed by atoms with E-state index in [1.807, 2.05) is 20.8 Å². The first-order valence-corrected chi connectivity index (χ1v) is 12.0. The number of esters is 1. The molecule has 0 radical (unpaired) electrons. The number of fused-ring (bicyclic) bond motifs is 1. The Morgan fingerprint density at radius 3 is 2.27 bits per heavy atom. The highest BCUT2D eigenvalue weighted by Crippen LogP contribution is 2.41. The van der Waals surface area contributed by atoms with Gasteiger partial charge >= 0.3 is 11.9 Å². The number of hydrogen-bond acceptors (Lipinski definition) is 3. The molecule has 1 fully saturated rings. The fourth-order valence-corrected chi connectivity index (χ4v) is 3.79. The zero-order chi connectivity index (χ0) is 23.2. The molecule has 30 heavy (non-hydrogen) atoms. The third kappa shape index (κ3) is 9.95. The van der Waals surface area contributed by atoms with Crippen molar-refractivity contribution in [2.75, 3.05) is 6.61 Å². The van der Waals surface area contributed by atoms with Crippen LogP contribution in [0.5, 0.6) is 0 Å². The van der Waals surface area contributed by atoms with Crippen molar-refractivity contribution in [3.05, 3.63) is 23.8 Å². The van der Waals surface area contributed by atoms with Crippen LogP contribution in [0.4, 0.5) is 0 Å². The minimum atomic E-state index is -0.722. The lowest BCUT2D eigenvalue weighted by Crippen LogP contribution is -2.26. The van der Waals surface area contributed by atoms with Crippen LogP contribution in [0.15, 0.2) is 23.8 Å². The zero-order valence-electron chi connectivity index (χ0n) is 20.5. The average Bonchev–Trinajstić information content (AvgIpc) is 2.76. The van der Waals surface area contributed by atoms with Crippen molar-refractivity contribution in [2.24, 2.45) is 23.2 Å². The van der Waals surface area contributed by atoms with Crippen LogP contribution < -0.4 is 0 Å². The summed E-state index contributed by atoms with van der Waals surface area (Å²) in [5, 5.41) is 8.44. The Bertz CT molecular complexity index is 551. The molecule has 3 aliphatic rings. The molecule has 3 atom stereocenters. The van der Waals surface area contributed by atoms with Gasteiger partial charge in [0.2, 0.25) is 0 Å². The fraction of sp³-hybridized carbons (Fsp3) is 0.769. The van der Waals surface area contributed by atoms with Gasteiger partial charge in [-0.3, -0.25) is 9.59 Å². The van der Waals surface area contributed by atoms with Crippen LogP contribution in [-0.4, -0.2) is 23.7 Å². The molecule has 0 aromatic heterocycles. The number of aliphatic carboxylic acids is 1. The van der Waals surface area contributed by atoms with Crippen molar-refractivity contribution in [3.8, 4) is 0 Å². The first-order valence-electron chi connectivity index (χ1n) is 12.0. The number of carbonyl (C=O) groups excluding carboxylic acids is 1. The summed E-state index contributed by atoms with van der Waals surface area (Å²) in [5.41, 5.74) is 1.09. The van der Waals surface area contributed by atoms with E-state index in [0.717, 1.165) is 30.6 Å². The normalized spacial score (nSPS) is 24.8. The third-order valence-electron chi connectivity index (χ3n) is 6.28. The summed E-state index contributed by atoms with van der Waals surface area (Å²) in [6, 6.07) is 0. The minimum absolute atomic E-state index is 0.0359. The van der Waals surface area contributed by atoms with E-state index in [9.17, 15) is 9.59 Å². The lowest BCUT2D eigenvalue weighted by atomic mass is 9.69. The molecule has 1 N–H and O–H groups in total. The third-order valence-corrected chi connectivity index (χ3v) is 6.28. The molecule has 1 saturated heterocycles. The van der Waals surface area contributed by atoms with Gasteiger partial charge in [-0.15, -0.1) is 0 Å². The van der Waals surface area contributed by atoms with Crippen LogP contribution in [0.3, 0.4) is 0 Å². The van der Waals surface area contributed by atoms with Crippen LogP contribution in [-0.2, 0) is 14.3 Å². The molecule has 0 bridgehead atoms. The van der Waals surface area contributed by atoms with Crippen molar-refractivity contribution in [3.63, 3.8) is 0 Å². The van der Waals surface area contributed by atoms with Crippen LogP contribution in [0, 0.1) is 23.2 Å². The summed E-state index contributed by atoms with van der Waals surface area (Å²) in [7, 11) is 0. The molecule has 174 valence electrons. The molecule has 2 aliphatic carbocycles. The monoisotopic (exact) mass is 422 g/mol.